The lowest BCUT2D eigenvalue weighted by atomic mass is 9.94. The van der Waals surface area contributed by atoms with Crippen LogP contribution in [0.2, 0.25) is 0 Å². The molecule has 112 valence electrons. The number of nitro benzene ring substituents is 1. The number of nitrogens with one attached hydrogen (secondary N) is 1. The molecule has 0 spiro atoms. The monoisotopic (exact) mass is 353 g/mol. The van der Waals surface area contributed by atoms with Crippen LogP contribution in [0.5, 0.6) is 0 Å². The highest BCUT2D eigenvalue weighted by Crippen LogP contribution is 2.29. The molecule has 6 nitrogen and oxygen atoms in total. The Kier molecular flexibility index (Phi) is 4.32. The van der Waals surface area contributed by atoms with E-state index in [9.17, 15) is 10.1 Å². The van der Waals surface area contributed by atoms with Gasteiger partial charge < -0.3 is 9.73 Å². The molecule has 0 saturated carbocycles. The smallest absolute Gasteiger partial charge is 0.293 e. The largest absolute Gasteiger partial charge is 0.443 e. The van der Waals surface area contributed by atoms with E-state index in [4.69, 9.17) is 4.42 Å². The summed E-state index contributed by atoms with van der Waals surface area (Å²) in [5, 5.41) is 14.0. The van der Waals surface area contributed by atoms with E-state index in [0.717, 1.165) is 5.76 Å². The highest BCUT2D eigenvalue weighted by Gasteiger charge is 2.19. The first-order valence-corrected chi connectivity index (χ1v) is 7.19. The van der Waals surface area contributed by atoms with E-state index in [-0.39, 0.29) is 11.1 Å². The number of oxazole rings is 1. The average molecular weight is 354 g/mol. The van der Waals surface area contributed by atoms with E-state index in [1.807, 2.05) is 20.8 Å². The zero-order valence-electron chi connectivity index (χ0n) is 12.0. The summed E-state index contributed by atoms with van der Waals surface area (Å²) in [6, 6.07) is 4.85. The van der Waals surface area contributed by atoms with Crippen molar-refractivity contribution in [3.8, 4) is 0 Å². The summed E-state index contributed by atoms with van der Waals surface area (Å²) in [5.74, 6) is 1.28. The molecule has 0 radical (unpaired) electrons. The Morgan fingerprint density at radius 2 is 2.14 bits per heavy atom. The van der Waals surface area contributed by atoms with E-state index in [1.54, 1.807) is 18.3 Å². The van der Waals surface area contributed by atoms with Crippen molar-refractivity contribution in [1.82, 2.24) is 4.98 Å². The number of hydrogen-bond acceptors (Lipinski definition) is 5. The summed E-state index contributed by atoms with van der Waals surface area (Å²) >= 11 is 3.22. The third-order valence-corrected chi connectivity index (χ3v) is 3.37. The van der Waals surface area contributed by atoms with E-state index in [1.165, 1.54) is 6.07 Å². The van der Waals surface area contributed by atoms with Gasteiger partial charge in [-0.2, -0.15) is 0 Å². The van der Waals surface area contributed by atoms with Crippen molar-refractivity contribution >= 4 is 27.3 Å². The van der Waals surface area contributed by atoms with Gasteiger partial charge in [-0.25, -0.2) is 4.98 Å². The highest BCUT2D eigenvalue weighted by molar-refractivity contribution is 9.10. The fraction of sp³-hybridized carbons (Fsp3) is 0.357. The lowest BCUT2D eigenvalue weighted by Gasteiger charge is -2.13. The van der Waals surface area contributed by atoms with Crippen LogP contribution in [-0.4, -0.2) is 9.91 Å². The van der Waals surface area contributed by atoms with Crippen molar-refractivity contribution in [3.63, 3.8) is 0 Å². The average Bonchev–Trinajstić information content (AvgIpc) is 2.85. The van der Waals surface area contributed by atoms with Crippen molar-refractivity contribution in [2.24, 2.45) is 0 Å². The van der Waals surface area contributed by atoms with Crippen LogP contribution < -0.4 is 5.32 Å². The molecule has 0 saturated heterocycles. The molecule has 21 heavy (non-hydrogen) atoms. The van der Waals surface area contributed by atoms with Crippen molar-refractivity contribution in [1.29, 1.82) is 0 Å². The summed E-state index contributed by atoms with van der Waals surface area (Å²) in [6.07, 6.45) is 1.69. The predicted molar refractivity (Wildman–Crippen MR) is 83.3 cm³/mol. The van der Waals surface area contributed by atoms with Gasteiger partial charge in [0.15, 0.2) is 0 Å². The molecule has 1 aromatic carbocycles. The second-order valence-corrected chi connectivity index (χ2v) is 6.56. The molecule has 2 rings (SSSR count). The summed E-state index contributed by atoms with van der Waals surface area (Å²) in [4.78, 5) is 14.8. The maximum Gasteiger partial charge on any atom is 0.293 e. The first-order chi connectivity index (χ1) is 9.77. The van der Waals surface area contributed by atoms with E-state index in [0.29, 0.717) is 22.6 Å². The lowest BCUT2D eigenvalue weighted by molar-refractivity contribution is -0.384. The molecule has 0 amide bonds. The molecule has 0 atom stereocenters. The predicted octanol–water partition coefficient (Wildman–Crippen LogP) is 4.25. The SMILES string of the molecule is CC(C)(C)c1cnc(CNc2ccc(Br)cc2[N+](=O)[O-])o1. The van der Waals surface area contributed by atoms with Gasteiger partial charge in [0.1, 0.15) is 11.4 Å². The van der Waals surface area contributed by atoms with Gasteiger partial charge in [0.2, 0.25) is 5.89 Å². The molecule has 0 aliphatic carbocycles. The Labute approximate surface area is 130 Å². The standard InChI is InChI=1S/C14H16BrN3O3/c1-14(2,3)12-7-17-13(21-12)8-16-10-5-4-9(15)6-11(10)18(19)20/h4-7,16H,8H2,1-3H3. The summed E-state index contributed by atoms with van der Waals surface area (Å²) in [6.45, 7) is 6.39. The molecule has 0 unspecified atom stereocenters. The molecule has 1 N–H and O–H groups in total. The van der Waals surface area contributed by atoms with Crippen molar-refractivity contribution in [2.75, 3.05) is 5.32 Å². The molecule has 7 heteroatoms. The van der Waals surface area contributed by atoms with Gasteiger partial charge in [0.05, 0.1) is 17.7 Å². The third-order valence-electron chi connectivity index (χ3n) is 2.88. The maximum absolute atomic E-state index is 11.0. The number of anilines is 1. The van der Waals surface area contributed by atoms with Gasteiger partial charge >= 0.3 is 0 Å². The van der Waals surface area contributed by atoms with Crippen molar-refractivity contribution in [2.45, 2.75) is 32.7 Å². The molecule has 0 aliphatic heterocycles. The van der Waals surface area contributed by atoms with Gasteiger partial charge in [-0.3, -0.25) is 10.1 Å². The Hall–Kier alpha value is -1.89. The van der Waals surface area contributed by atoms with Crippen LogP contribution in [0.4, 0.5) is 11.4 Å². The quantitative estimate of drug-likeness (QED) is 0.656. The number of hydrogen-bond donors (Lipinski definition) is 1. The van der Waals surface area contributed by atoms with Crippen LogP contribution in [0.15, 0.2) is 33.3 Å². The summed E-state index contributed by atoms with van der Waals surface area (Å²) in [7, 11) is 0. The minimum atomic E-state index is -0.427. The molecule has 1 heterocycles. The Morgan fingerprint density at radius 1 is 1.43 bits per heavy atom. The Balaban J connectivity index is 2.13. The Bertz CT molecular complexity index is 662. The fourth-order valence-corrected chi connectivity index (χ4v) is 2.06. The molecule has 0 bridgehead atoms. The van der Waals surface area contributed by atoms with E-state index < -0.39 is 4.92 Å². The van der Waals surface area contributed by atoms with Gasteiger partial charge in [0.25, 0.3) is 5.69 Å². The number of nitro groups is 1. The molecule has 1 aromatic heterocycles. The first kappa shape index (κ1) is 15.5. The zero-order valence-corrected chi connectivity index (χ0v) is 13.6. The summed E-state index contributed by atoms with van der Waals surface area (Å²) < 4.78 is 6.30. The minimum absolute atomic E-state index is 0.00646. The lowest BCUT2D eigenvalue weighted by Crippen LogP contribution is -2.09. The van der Waals surface area contributed by atoms with Crippen molar-refractivity contribution < 1.29 is 9.34 Å². The number of halogens is 1. The number of benzene rings is 1. The number of rotatable bonds is 4. The Morgan fingerprint density at radius 3 is 2.71 bits per heavy atom. The van der Waals surface area contributed by atoms with Crippen LogP contribution in [-0.2, 0) is 12.0 Å². The zero-order chi connectivity index (χ0) is 15.6. The molecule has 2 aromatic rings. The fourth-order valence-electron chi connectivity index (χ4n) is 1.71. The maximum atomic E-state index is 11.0. The molecule has 0 aliphatic rings. The van der Waals surface area contributed by atoms with Crippen LogP contribution >= 0.6 is 15.9 Å². The van der Waals surface area contributed by atoms with Gasteiger partial charge in [-0.1, -0.05) is 36.7 Å². The molecule has 0 fully saturated rings. The van der Waals surface area contributed by atoms with Crippen LogP contribution in [0, 0.1) is 10.1 Å². The second-order valence-electron chi connectivity index (χ2n) is 5.64. The highest BCUT2D eigenvalue weighted by atomic mass is 79.9. The topological polar surface area (TPSA) is 81.2 Å². The van der Waals surface area contributed by atoms with E-state index >= 15 is 0 Å². The van der Waals surface area contributed by atoms with Gasteiger partial charge in [0, 0.05) is 16.0 Å². The third kappa shape index (κ3) is 3.81. The first-order valence-electron chi connectivity index (χ1n) is 6.40. The van der Waals surface area contributed by atoms with Crippen molar-refractivity contribution in [3.05, 3.63) is 50.6 Å². The number of nitrogens with zero attached hydrogens (tertiary/aromatic N) is 2. The van der Waals surface area contributed by atoms with E-state index in [2.05, 4.69) is 26.2 Å². The van der Waals surface area contributed by atoms with Crippen LogP contribution in [0.3, 0.4) is 0 Å². The van der Waals surface area contributed by atoms with Crippen LogP contribution in [0.1, 0.15) is 32.4 Å². The normalized spacial score (nSPS) is 11.4. The summed E-state index contributed by atoms with van der Waals surface area (Å²) in [5.41, 5.74) is 0.320. The van der Waals surface area contributed by atoms with Gasteiger partial charge in [-0.05, 0) is 12.1 Å². The number of aromatic nitrogens is 1. The van der Waals surface area contributed by atoms with Crippen LogP contribution in [0.25, 0.3) is 0 Å². The van der Waals surface area contributed by atoms with Gasteiger partial charge in [-0.15, -0.1) is 0 Å². The second kappa shape index (κ2) is 5.85. The molecular weight excluding hydrogens is 338 g/mol. The molecular formula is C14H16BrN3O3. The minimum Gasteiger partial charge on any atom is -0.443 e.